The first-order valence-corrected chi connectivity index (χ1v) is 11.9. The van der Waals surface area contributed by atoms with Crippen molar-refractivity contribution in [2.45, 2.75) is 74.7 Å². The molecule has 191 valence electrons. The van der Waals surface area contributed by atoms with E-state index < -0.39 is 5.41 Å². The van der Waals surface area contributed by atoms with E-state index in [4.69, 9.17) is 0 Å². The number of ketones is 1. The van der Waals surface area contributed by atoms with Gasteiger partial charge in [-0.05, 0) is 23.1 Å². The molecule has 2 aromatic heterocycles. The molecule has 1 N–H and O–H groups in total. The van der Waals surface area contributed by atoms with Gasteiger partial charge in [-0.15, -0.1) is 34.9 Å². The number of aryl methyl sites for hydroxylation is 1. The van der Waals surface area contributed by atoms with Crippen LogP contribution in [-0.4, -0.2) is 20.9 Å². The van der Waals surface area contributed by atoms with Gasteiger partial charge in [-0.1, -0.05) is 80.9 Å². The summed E-state index contributed by atoms with van der Waals surface area (Å²) in [5.41, 5.74) is 4.71. The number of fused-ring (bicyclic) bond motifs is 1. The minimum Gasteiger partial charge on any atom is -0.512 e. The SMILES string of the molecule is CC(C)(C)C(=O)/C=C(\O)C(C)(C)C.CCC(C)c1cc(C)[c-]c(-c2cc3cccnc3cn2)c1.[Ir]. The third-order valence-corrected chi connectivity index (χ3v) is 5.75. The number of nitrogens with zero attached hydrogens (tertiary/aromatic N) is 2. The fourth-order valence-corrected chi connectivity index (χ4v) is 3.08. The minimum atomic E-state index is -0.417. The predicted molar refractivity (Wildman–Crippen MR) is 142 cm³/mol. The molecule has 0 bridgehead atoms. The number of pyridine rings is 2. The molecule has 4 nitrogen and oxygen atoms in total. The van der Waals surface area contributed by atoms with Crippen LogP contribution in [0.15, 0.2) is 54.6 Å². The van der Waals surface area contributed by atoms with Crippen molar-refractivity contribution < 1.29 is 30.0 Å². The van der Waals surface area contributed by atoms with Gasteiger partial charge in [-0.2, -0.15) is 0 Å². The second-order valence-corrected chi connectivity index (χ2v) is 11.0. The minimum absolute atomic E-state index is 0. The first kappa shape index (κ1) is 30.7. The van der Waals surface area contributed by atoms with Crippen LogP contribution in [0.1, 0.15) is 78.9 Å². The summed E-state index contributed by atoms with van der Waals surface area (Å²) in [5, 5.41) is 10.7. The maximum Gasteiger partial charge on any atom is 0.164 e. The first-order chi connectivity index (χ1) is 15.7. The van der Waals surface area contributed by atoms with Gasteiger partial charge in [0.25, 0.3) is 0 Å². The molecule has 0 aliphatic carbocycles. The van der Waals surface area contributed by atoms with Gasteiger partial charge in [-0.3, -0.25) is 9.78 Å². The van der Waals surface area contributed by atoms with Crippen LogP contribution in [-0.2, 0) is 24.9 Å². The van der Waals surface area contributed by atoms with Crippen molar-refractivity contribution in [3.63, 3.8) is 0 Å². The van der Waals surface area contributed by atoms with Gasteiger partial charge >= 0.3 is 0 Å². The molecule has 0 spiro atoms. The van der Waals surface area contributed by atoms with Crippen molar-refractivity contribution in [2.24, 2.45) is 10.8 Å². The quantitative estimate of drug-likeness (QED) is 0.176. The van der Waals surface area contributed by atoms with Crippen LogP contribution < -0.4 is 0 Å². The fourth-order valence-electron chi connectivity index (χ4n) is 3.08. The summed E-state index contributed by atoms with van der Waals surface area (Å²) in [6, 6.07) is 14.0. The number of carbonyl (C=O) groups is 1. The molecule has 0 saturated carbocycles. The number of aliphatic hydroxyl groups excluding tert-OH is 1. The Morgan fingerprint density at radius 1 is 1.09 bits per heavy atom. The standard InChI is InChI=1S/C19H19N2.C11H20O2.Ir/c1-4-14(3)16-8-13(2)9-17(10-16)18-11-15-6-5-7-20-19(15)12-21-18;1-10(2,3)8(12)7-9(13)11(4,5)6;/h5-8,10-12,14H,4H2,1-3H3;7,12H,1-6H3;/q-1;;/b;8-7-;. The summed E-state index contributed by atoms with van der Waals surface area (Å²) >= 11 is 0. The molecular weight excluding hydrogens is 613 g/mol. The van der Waals surface area contributed by atoms with Gasteiger partial charge in [0, 0.05) is 49.4 Å². The Labute approximate surface area is 224 Å². The molecule has 0 saturated heterocycles. The summed E-state index contributed by atoms with van der Waals surface area (Å²) in [7, 11) is 0. The summed E-state index contributed by atoms with van der Waals surface area (Å²) in [6.45, 7) is 17.7. The third-order valence-electron chi connectivity index (χ3n) is 5.75. The van der Waals surface area contributed by atoms with Crippen molar-refractivity contribution >= 4 is 16.7 Å². The van der Waals surface area contributed by atoms with Gasteiger partial charge in [0.05, 0.1) is 5.52 Å². The molecule has 35 heavy (non-hydrogen) atoms. The van der Waals surface area contributed by atoms with Gasteiger partial charge in [-0.25, -0.2) is 0 Å². The van der Waals surface area contributed by atoms with E-state index in [0.717, 1.165) is 34.1 Å². The van der Waals surface area contributed by atoms with Crippen LogP contribution >= 0.6 is 0 Å². The van der Waals surface area contributed by atoms with Crippen LogP contribution in [0, 0.1) is 23.8 Å². The Morgan fingerprint density at radius 3 is 2.31 bits per heavy atom. The van der Waals surface area contributed by atoms with E-state index in [1.54, 1.807) is 6.20 Å². The van der Waals surface area contributed by atoms with E-state index in [1.165, 1.54) is 11.6 Å². The Bertz CT molecular complexity index is 1170. The normalized spacial score (nSPS) is 12.9. The first-order valence-electron chi connectivity index (χ1n) is 11.9. The van der Waals surface area contributed by atoms with Crippen molar-refractivity contribution in [3.05, 3.63) is 71.8 Å². The smallest absolute Gasteiger partial charge is 0.164 e. The molecule has 0 aliphatic rings. The van der Waals surface area contributed by atoms with Crippen LogP contribution in [0.4, 0.5) is 0 Å². The molecule has 0 fully saturated rings. The molecule has 1 atom stereocenters. The topological polar surface area (TPSA) is 63.1 Å². The molecule has 1 radical (unpaired) electrons. The maximum absolute atomic E-state index is 11.5. The van der Waals surface area contributed by atoms with Crippen LogP contribution in [0.2, 0.25) is 0 Å². The second-order valence-electron chi connectivity index (χ2n) is 11.0. The summed E-state index contributed by atoms with van der Waals surface area (Å²) in [4.78, 5) is 20.4. The molecule has 3 aromatic rings. The van der Waals surface area contributed by atoms with Crippen LogP contribution in [0.3, 0.4) is 0 Å². The van der Waals surface area contributed by atoms with E-state index in [-0.39, 0.29) is 37.1 Å². The van der Waals surface area contributed by atoms with E-state index in [0.29, 0.717) is 5.92 Å². The zero-order valence-electron chi connectivity index (χ0n) is 22.5. The second kappa shape index (κ2) is 12.6. The van der Waals surface area contributed by atoms with Gasteiger partial charge in [0.2, 0.25) is 0 Å². The Balaban J connectivity index is 0.000000383. The largest absolute Gasteiger partial charge is 0.512 e. The number of aliphatic hydroxyl groups is 1. The summed E-state index contributed by atoms with van der Waals surface area (Å²) in [6.07, 6.45) is 6.10. The zero-order valence-corrected chi connectivity index (χ0v) is 24.9. The number of rotatable bonds is 4. The van der Waals surface area contributed by atoms with Gasteiger partial charge in [0.1, 0.15) is 5.76 Å². The van der Waals surface area contributed by atoms with Gasteiger partial charge in [0.15, 0.2) is 5.78 Å². The van der Waals surface area contributed by atoms with E-state index in [9.17, 15) is 9.90 Å². The van der Waals surface area contributed by atoms with E-state index >= 15 is 0 Å². The number of allylic oxidation sites excluding steroid dienone is 2. The number of aromatic nitrogens is 2. The molecule has 0 amide bonds. The average Bonchev–Trinajstić information content (AvgIpc) is 2.76. The van der Waals surface area contributed by atoms with Crippen LogP contribution in [0.25, 0.3) is 22.2 Å². The Kier molecular flexibility index (Phi) is 11.0. The van der Waals surface area contributed by atoms with Gasteiger partial charge < -0.3 is 10.1 Å². The van der Waals surface area contributed by atoms with Crippen molar-refractivity contribution in [1.82, 2.24) is 9.97 Å². The fraction of sp³-hybridized carbons (Fsp3) is 0.433. The third kappa shape index (κ3) is 8.98. The van der Waals surface area contributed by atoms with Crippen molar-refractivity contribution in [2.75, 3.05) is 0 Å². The number of hydrogen-bond acceptors (Lipinski definition) is 4. The molecular formula is C30H39IrN2O2-. The Morgan fingerprint density at radius 2 is 1.74 bits per heavy atom. The van der Waals surface area contributed by atoms with Crippen molar-refractivity contribution in [3.8, 4) is 11.3 Å². The van der Waals surface area contributed by atoms with E-state index in [1.807, 2.05) is 53.8 Å². The maximum atomic E-state index is 11.5. The average molecular weight is 652 g/mol. The molecule has 5 heteroatoms. The summed E-state index contributed by atoms with van der Waals surface area (Å²) < 4.78 is 0. The number of carbonyl (C=O) groups excluding carboxylic acids is 1. The van der Waals surface area contributed by atoms with Crippen LogP contribution in [0.5, 0.6) is 0 Å². The number of hydrogen-bond donors (Lipinski definition) is 1. The molecule has 0 aliphatic heterocycles. The molecule has 2 heterocycles. The van der Waals surface area contributed by atoms with E-state index in [2.05, 4.69) is 61.1 Å². The summed E-state index contributed by atoms with van der Waals surface area (Å²) in [5.74, 6) is 0.659. The molecule has 1 aromatic carbocycles. The molecule has 1 unspecified atom stereocenters. The zero-order chi connectivity index (χ0) is 25.7. The predicted octanol–water partition coefficient (Wildman–Crippen LogP) is 8.01. The molecule has 3 rings (SSSR count). The monoisotopic (exact) mass is 652 g/mol. The Hall–Kier alpha value is -2.36. The number of benzene rings is 1. The van der Waals surface area contributed by atoms with Crippen molar-refractivity contribution in [1.29, 1.82) is 0 Å².